The first kappa shape index (κ1) is 16.2. The van der Waals surface area contributed by atoms with Crippen LogP contribution in [-0.2, 0) is 16.0 Å². The standard InChI is InChI=1S/C15H23N3O2/c1-3-18(2)14(19)11-17-15(20)13(16)10-9-12-7-5-4-6-8-12/h4-8,13H,3,9-11,16H2,1-2H3,(H,17,20). The number of hydrogen-bond acceptors (Lipinski definition) is 3. The summed E-state index contributed by atoms with van der Waals surface area (Å²) in [4.78, 5) is 24.9. The van der Waals surface area contributed by atoms with E-state index in [0.717, 1.165) is 12.0 Å². The summed E-state index contributed by atoms with van der Waals surface area (Å²) in [5.74, 6) is -0.394. The van der Waals surface area contributed by atoms with E-state index in [9.17, 15) is 9.59 Å². The minimum atomic E-state index is -0.588. The Hall–Kier alpha value is -1.88. The number of nitrogens with zero attached hydrogens (tertiary/aromatic N) is 1. The normalized spacial score (nSPS) is 11.8. The van der Waals surface area contributed by atoms with Crippen molar-refractivity contribution in [3.8, 4) is 0 Å². The van der Waals surface area contributed by atoms with Gasteiger partial charge in [0.2, 0.25) is 11.8 Å². The first-order chi connectivity index (χ1) is 9.54. The van der Waals surface area contributed by atoms with E-state index in [-0.39, 0.29) is 18.4 Å². The van der Waals surface area contributed by atoms with Crippen LogP contribution in [0.1, 0.15) is 18.9 Å². The van der Waals surface area contributed by atoms with Gasteiger partial charge in [0.1, 0.15) is 0 Å². The summed E-state index contributed by atoms with van der Waals surface area (Å²) in [7, 11) is 1.70. The van der Waals surface area contributed by atoms with Crippen LogP contribution in [0.3, 0.4) is 0 Å². The first-order valence-electron chi connectivity index (χ1n) is 6.85. The van der Waals surface area contributed by atoms with Crippen molar-refractivity contribution in [3.63, 3.8) is 0 Å². The summed E-state index contributed by atoms with van der Waals surface area (Å²) in [5.41, 5.74) is 6.97. The molecule has 0 saturated heterocycles. The molecule has 0 aliphatic heterocycles. The highest BCUT2D eigenvalue weighted by Gasteiger charge is 2.15. The van der Waals surface area contributed by atoms with Gasteiger partial charge in [0.15, 0.2) is 0 Å². The lowest BCUT2D eigenvalue weighted by Crippen LogP contribution is -2.45. The average Bonchev–Trinajstić information content (AvgIpc) is 2.49. The minimum absolute atomic E-state index is 0.00219. The van der Waals surface area contributed by atoms with Gasteiger partial charge in [0, 0.05) is 13.6 Å². The molecule has 5 nitrogen and oxygen atoms in total. The number of amides is 2. The molecule has 3 N–H and O–H groups in total. The van der Waals surface area contributed by atoms with E-state index in [4.69, 9.17) is 5.73 Å². The molecule has 0 bridgehead atoms. The monoisotopic (exact) mass is 277 g/mol. The van der Waals surface area contributed by atoms with Crippen LogP contribution in [0.4, 0.5) is 0 Å². The van der Waals surface area contributed by atoms with Gasteiger partial charge < -0.3 is 16.0 Å². The van der Waals surface area contributed by atoms with Crippen LogP contribution in [0.2, 0.25) is 0 Å². The molecule has 0 saturated carbocycles. The van der Waals surface area contributed by atoms with Gasteiger partial charge in [-0.25, -0.2) is 0 Å². The van der Waals surface area contributed by atoms with Crippen LogP contribution in [0.15, 0.2) is 30.3 Å². The van der Waals surface area contributed by atoms with Crippen LogP contribution in [0, 0.1) is 0 Å². The fourth-order valence-corrected chi connectivity index (χ4v) is 1.70. The molecular weight excluding hydrogens is 254 g/mol. The van der Waals surface area contributed by atoms with E-state index in [1.54, 1.807) is 11.9 Å². The molecule has 1 aromatic carbocycles. The quantitative estimate of drug-likeness (QED) is 0.764. The highest BCUT2D eigenvalue weighted by molar-refractivity contribution is 5.87. The summed E-state index contributed by atoms with van der Waals surface area (Å²) in [6.07, 6.45) is 1.31. The van der Waals surface area contributed by atoms with Crippen molar-refractivity contribution in [2.24, 2.45) is 5.73 Å². The fraction of sp³-hybridized carbons (Fsp3) is 0.467. The molecule has 5 heteroatoms. The highest BCUT2D eigenvalue weighted by Crippen LogP contribution is 2.04. The number of rotatable bonds is 7. The predicted molar refractivity (Wildman–Crippen MR) is 79.1 cm³/mol. The molecule has 1 atom stereocenters. The smallest absolute Gasteiger partial charge is 0.241 e. The summed E-state index contributed by atoms with van der Waals surface area (Å²) in [6, 6.07) is 9.29. The molecule has 0 aliphatic carbocycles. The van der Waals surface area contributed by atoms with Gasteiger partial charge in [-0.05, 0) is 25.3 Å². The maximum absolute atomic E-state index is 11.8. The number of nitrogens with two attached hydrogens (primary N) is 1. The topological polar surface area (TPSA) is 75.4 Å². The third-order valence-electron chi connectivity index (χ3n) is 3.24. The van der Waals surface area contributed by atoms with Crippen molar-refractivity contribution in [2.75, 3.05) is 20.1 Å². The number of hydrogen-bond donors (Lipinski definition) is 2. The van der Waals surface area contributed by atoms with Gasteiger partial charge in [0.05, 0.1) is 12.6 Å². The molecule has 0 aliphatic rings. The second-order valence-electron chi connectivity index (χ2n) is 4.76. The zero-order valence-corrected chi connectivity index (χ0v) is 12.1. The Labute approximate surface area is 120 Å². The molecule has 0 radical (unpaired) electrons. The van der Waals surface area contributed by atoms with Crippen LogP contribution in [0.25, 0.3) is 0 Å². The Balaban J connectivity index is 2.31. The molecule has 0 spiro atoms. The molecule has 1 unspecified atom stereocenters. The fourth-order valence-electron chi connectivity index (χ4n) is 1.70. The molecular formula is C15H23N3O2. The molecule has 0 fully saturated rings. The van der Waals surface area contributed by atoms with Crippen LogP contribution < -0.4 is 11.1 Å². The maximum atomic E-state index is 11.8. The number of aryl methyl sites for hydroxylation is 1. The second-order valence-corrected chi connectivity index (χ2v) is 4.76. The lowest BCUT2D eigenvalue weighted by atomic mass is 10.1. The van der Waals surface area contributed by atoms with E-state index >= 15 is 0 Å². The van der Waals surface area contributed by atoms with E-state index in [0.29, 0.717) is 13.0 Å². The Bertz CT molecular complexity index is 434. The second kappa shape index (κ2) is 8.32. The largest absolute Gasteiger partial charge is 0.346 e. The van der Waals surface area contributed by atoms with Crippen LogP contribution in [0.5, 0.6) is 0 Å². The zero-order chi connectivity index (χ0) is 15.0. The number of likely N-dealkylation sites (N-methyl/N-ethyl adjacent to an activating group) is 1. The third-order valence-corrected chi connectivity index (χ3v) is 3.24. The number of benzene rings is 1. The molecule has 20 heavy (non-hydrogen) atoms. The molecule has 1 aromatic rings. The van der Waals surface area contributed by atoms with Crippen molar-refractivity contribution in [1.82, 2.24) is 10.2 Å². The van der Waals surface area contributed by atoms with Crippen LogP contribution >= 0.6 is 0 Å². The van der Waals surface area contributed by atoms with Gasteiger partial charge >= 0.3 is 0 Å². The van der Waals surface area contributed by atoms with Gasteiger partial charge in [-0.1, -0.05) is 30.3 Å². The molecule has 0 aromatic heterocycles. The van der Waals surface area contributed by atoms with Crippen molar-refractivity contribution in [3.05, 3.63) is 35.9 Å². The summed E-state index contributed by atoms with van der Waals surface area (Å²) in [5, 5.41) is 2.58. The lowest BCUT2D eigenvalue weighted by Gasteiger charge is -2.16. The Morgan fingerprint density at radius 3 is 2.55 bits per heavy atom. The maximum Gasteiger partial charge on any atom is 0.241 e. The van der Waals surface area contributed by atoms with E-state index in [2.05, 4.69) is 5.32 Å². The van der Waals surface area contributed by atoms with E-state index in [1.165, 1.54) is 0 Å². The Morgan fingerprint density at radius 2 is 1.95 bits per heavy atom. The van der Waals surface area contributed by atoms with Crippen molar-refractivity contribution < 1.29 is 9.59 Å². The molecule has 2 amide bonds. The highest BCUT2D eigenvalue weighted by atomic mass is 16.2. The Morgan fingerprint density at radius 1 is 1.30 bits per heavy atom. The summed E-state index contributed by atoms with van der Waals surface area (Å²) in [6.45, 7) is 2.50. The molecule has 110 valence electrons. The first-order valence-corrected chi connectivity index (χ1v) is 6.85. The van der Waals surface area contributed by atoms with E-state index < -0.39 is 6.04 Å². The SMILES string of the molecule is CCN(C)C(=O)CNC(=O)C(N)CCc1ccccc1. The number of nitrogens with one attached hydrogen (secondary N) is 1. The number of carbonyl (C=O) groups excluding carboxylic acids is 2. The van der Waals surface area contributed by atoms with Gasteiger partial charge in [-0.3, -0.25) is 9.59 Å². The number of carbonyl (C=O) groups is 2. The van der Waals surface area contributed by atoms with Gasteiger partial charge in [0.25, 0.3) is 0 Å². The minimum Gasteiger partial charge on any atom is -0.346 e. The molecule has 1 rings (SSSR count). The van der Waals surface area contributed by atoms with Crippen molar-refractivity contribution in [2.45, 2.75) is 25.8 Å². The van der Waals surface area contributed by atoms with Crippen molar-refractivity contribution >= 4 is 11.8 Å². The van der Waals surface area contributed by atoms with Gasteiger partial charge in [-0.2, -0.15) is 0 Å². The van der Waals surface area contributed by atoms with Crippen molar-refractivity contribution in [1.29, 1.82) is 0 Å². The predicted octanol–water partition coefficient (Wildman–Crippen LogP) is 0.541. The summed E-state index contributed by atoms with van der Waals surface area (Å²) < 4.78 is 0. The summed E-state index contributed by atoms with van der Waals surface area (Å²) >= 11 is 0. The lowest BCUT2D eigenvalue weighted by molar-refractivity contribution is -0.132. The average molecular weight is 277 g/mol. The van der Waals surface area contributed by atoms with Crippen LogP contribution in [-0.4, -0.2) is 42.9 Å². The Kier molecular flexibility index (Phi) is 6.73. The zero-order valence-electron chi connectivity index (χ0n) is 12.1. The third kappa shape index (κ3) is 5.40. The van der Waals surface area contributed by atoms with Gasteiger partial charge in [-0.15, -0.1) is 0 Å². The van der Waals surface area contributed by atoms with E-state index in [1.807, 2.05) is 37.3 Å². The molecule has 0 heterocycles.